The molecule has 2 aromatic carbocycles. The van der Waals surface area contributed by atoms with Crippen LogP contribution in [0.15, 0.2) is 40.9 Å². The lowest BCUT2D eigenvalue weighted by Crippen LogP contribution is -2.29. The van der Waals surface area contributed by atoms with E-state index in [4.69, 9.17) is 14.6 Å². The van der Waals surface area contributed by atoms with E-state index in [2.05, 4.69) is 15.9 Å². The Kier molecular flexibility index (Phi) is 5.62. The maximum atomic E-state index is 12.2. The molecule has 6 heteroatoms. The minimum atomic E-state index is -1.06. The molecular weight excluding hydrogens is 376 g/mol. The molecule has 0 aliphatic heterocycles. The van der Waals surface area contributed by atoms with Gasteiger partial charge in [-0.15, -0.1) is 0 Å². The highest BCUT2D eigenvalue weighted by molar-refractivity contribution is 9.10. The van der Waals surface area contributed by atoms with E-state index < -0.39 is 18.0 Å². The smallest absolute Gasteiger partial charge is 0.352 e. The Balaban J connectivity index is 2.11. The predicted octanol–water partition coefficient (Wildman–Crippen LogP) is 4.14. The van der Waals surface area contributed by atoms with Crippen LogP contribution in [0.2, 0.25) is 0 Å². The molecule has 24 heavy (non-hydrogen) atoms. The summed E-state index contributed by atoms with van der Waals surface area (Å²) < 4.78 is 11.4. The van der Waals surface area contributed by atoms with Gasteiger partial charge in [0.1, 0.15) is 11.5 Å². The summed E-state index contributed by atoms with van der Waals surface area (Å²) >= 11 is 3.20. The fraction of sp³-hybridized carbons (Fsp3) is 0.222. The van der Waals surface area contributed by atoms with Gasteiger partial charge >= 0.3 is 11.9 Å². The number of para-hydroxylation sites is 1. The molecule has 126 valence electrons. The van der Waals surface area contributed by atoms with Gasteiger partial charge in [-0.05, 0) is 66.0 Å². The van der Waals surface area contributed by atoms with Crippen molar-refractivity contribution < 1.29 is 24.2 Å². The van der Waals surface area contributed by atoms with E-state index in [9.17, 15) is 9.59 Å². The van der Waals surface area contributed by atoms with Crippen molar-refractivity contribution in [1.82, 2.24) is 0 Å². The van der Waals surface area contributed by atoms with Gasteiger partial charge in [0, 0.05) is 0 Å². The lowest BCUT2D eigenvalue weighted by molar-refractivity contribution is -0.141. The number of ether oxygens (including phenoxy) is 2. The normalized spacial score (nSPS) is 11.7. The molecule has 0 radical (unpaired) electrons. The van der Waals surface area contributed by atoms with E-state index in [1.165, 1.54) is 18.2 Å². The molecule has 1 unspecified atom stereocenters. The average molecular weight is 393 g/mol. The SMILES string of the molecule is Cc1cccc(C)c1OC(C)C(=O)Oc1ccc(C(=O)O)cc1Br. The van der Waals surface area contributed by atoms with Crippen LogP contribution in [0.25, 0.3) is 0 Å². The summed E-state index contributed by atoms with van der Waals surface area (Å²) in [5.74, 6) is -0.731. The number of rotatable bonds is 5. The zero-order chi connectivity index (χ0) is 17.9. The second-order valence-corrected chi connectivity index (χ2v) is 6.21. The largest absolute Gasteiger partial charge is 0.478 e. The van der Waals surface area contributed by atoms with Crippen LogP contribution in [-0.4, -0.2) is 23.1 Å². The average Bonchev–Trinajstić information content (AvgIpc) is 2.52. The first-order valence-corrected chi connectivity index (χ1v) is 8.06. The number of carbonyl (C=O) groups excluding carboxylic acids is 1. The second kappa shape index (κ2) is 7.49. The van der Waals surface area contributed by atoms with E-state index in [1.54, 1.807) is 6.92 Å². The summed E-state index contributed by atoms with van der Waals surface area (Å²) in [6.45, 7) is 5.41. The van der Waals surface area contributed by atoms with Crippen LogP contribution in [0.5, 0.6) is 11.5 Å². The molecule has 1 atom stereocenters. The number of hydrogen-bond donors (Lipinski definition) is 1. The topological polar surface area (TPSA) is 72.8 Å². The molecule has 2 rings (SSSR count). The van der Waals surface area contributed by atoms with E-state index in [0.717, 1.165) is 11.1 Å². The quantitative estimate of drug-likeness (QED) is 0.611. The standard InChI is InChI=1S/C18H17BrO5/c1-10-5-4-6-11(2)16(10)23-12(3)18(22)24-15-8-7-13(17(20)21)9-14(15)19/h4-9,12H,1-3H3,(H,20,21). The van der Waals surface area contributed by atoms with Crippen LogP contribution in [-0.2, 0) is 4.79 Å². The summed E-state index contributed by atoms with van der Waals surface area (Å²) in [5.41, 5.74) is 1.96. The molecule has 0 aliphatic carbocycles. The first kappa shape index (κ1) is 18.0. The van der Waals surface area contributed by atoms with Crippen molar-refractivity contribution in [2.45, 2.75) is 26.9 Å². The Hall–Kier alpha value is -2.34. The van der Waals surface area contributed by atoms with Gasteiger partial charge in [-0.2, -0.15) is 0 Å². The van der Waals surface area contributed by atoms with Crippen molar-refractivity contribution in [2.75, 3.05) is 0 Å². The van der Waals surface area contributed by atoms with Crippen LogP contribution >= 0.6 is 15.9 Å². The summed E-state index contributed by atoms with van der Waals surface area (Å²) in [6, 6.07) is 9.90. The molecule has 0 saturated carbocycles. The third kappa shape index (κ3) is 4.14. The molecule has 0 amide bonds. The lowest BCUT2D eigenvalue weighted by Gasteiger charge is -2.17. The maximum Gasteiger partial charge on any atom is 0.352 e. The Morgan fingerprint density at radius 2 is 1.75 bits per heavy atom. The second-order valence-electron chi connectivity index (χ2n) is 5.35. The number of carbonyl (C=O) groups is 2. The monoisotopic (exact) mass is 392 g/mol. The Labute approximate surface area is 148 Å². The molecule has 0 saturated heterocycles. The minimum Gasteiger partial charge on any atom is -0.478 e. The van der Waals surface area contributed by atoms with E-state index in [0.29, 0.717) is 10.2 Å². The molecule has 0 aromatic heterocycles. The number of aromatic carboxylic acids is 1. The summed E-state index contributed by atoms with van der Waals surface area (Å²) in [5, 5.41) is 8.94. The van der Waals surface area contributed by atoms with Crippen LogP contribution in [0.4, 0.5) is 0 Å². The highest BCUT2D eigenvalue weighted by Gasteiger charge is 2.20. The lowest BCUT2D eigenvalue weighted by atomic mass is 10.1. The number of benzene rings is 2. The molecule has 0 aliphatic rings. The van der Waals surface area contributed by atoms with Gasteiger partial charge in [0.15, 0.2) is 6.10 Å². The Morgan fingerprint density at radius 1 is 1.12 bits per heavy atom. The zero-order valence-electron chi connectivity index (χ0n) is 13.5. The van der Waals surface area contributed by atoms with E-state index in [-0.39, 0.29) is 11.3 Å². The first-order valence-electron chi connectivity index (χ1n) is 7.27. The van der Waals surface area contributed by atoms with Crippen molar-refractivity contribution in [2.24, 2.45) is 0 Å². The number of halogens is 1. The van der Waals surface area contributed by atoms with E-state index in [1.807, 2.05) is 32.0 Å². The van der Waals surface area contributed by atoms with Crippen molar-refractivity contribution >= 4 is 27.9 Å². The first-order chi connectivity index (χ1) is 11.3. The van der Waals surface area contributed by atoms with Crippen molar-refractivity contribution in [3.8, 4) is 11.5 Å². The molecule has 0 heterocycles. The molecule has 1 N–H and O–H groups in total. The minimum absolute atomic E-state index is 0.0986. The predicted molar refractivity (Wildman–Crippen MR) is 92.7 cm³/mol. The summed E-state index contributed by atoms with van der Waals surface area (Å²) in [6.07, 6.45) is -0.809. The van der Waals surface area contributed by atoms with Gasteiger partial charge in [-0.3, -0.25) is 0 Å². The third-order valence-electron chi connectivity index (χ3n) is 3.42. The molecule has 0 fully saturated rings. The maximum absolute atomic E-state index is 12.2. The van der Waals surface area contributed by atoms with E-state index >= 15 is 0 Å². The van der Waals surface area contributed by atoms with Crippen LogP contribution in [0.3, 0.4) is 0 Å². The number of carboxylic acid groups (broad SMARTS) is 1. The molecule has 0 spiro atoms. The summed E-state index contributed by atoms with van der Waals surface area (Å²) in [7, 11) is 0. The van der Waals surface area contributed by atoms with Gasteiger partial charge in [0.05, 0.1) is 10.0 Å². The Morgan fingerprint density at radius 3 is 2.29 bits per heavy atom. The van der Waals surface area contributed by atoms with Gasteiger partial charge in [0.25, 0.3) is 0 Å². The molecular formula is C18H17BrO5. The van der Waals surface area contributed by atoms with Crippen LogP contribution in [0.1, 0.15) is 28.4 Å². The van der Waals surface area contributed by atoms with Crippen molar-refractivity contribution in [3.05, 3.63) is 57.6 Å². The van der Waals surface area contributed by atoms with Crippen LogP contribution in [0, 0.1) is 13.8 Å². The fourth-order valence-electron chi connectivity index (χ4n) is 2.12. The fourth-order valence-corrected chi connectivity index (χ4v) is 2.58. The molecule has 2 aromatic rings. The van der Waals surface area contributed by atoms with Crippen LogP contribution < -0.4 is 9.47 Å². The van der Waals surface area contributed by atoms with Gasteiger partial charge in [-0.1, -0.05) is 18.2 Å². The van der Waals surface area contributed by atoms with Gasteiger partial charge in [0.2, 0.25) is 0 Å². The number of hydrogen-bond acceptors (Lipinski definition) is 4. The van der Waals surface area contributed by atoms with Gasteiger partial charge < -0.3 is 14.6 Å². The van der Waals surface area contributed by atoms with Gasteiger partial charge in [-0.25, -0.2) is 9.59 Å². The molecule has 5 nitrogen and oxygen atoms in total. The Bertz CT molecular complexity index is 765. The highest BCUT2D eigenvalue weighted by Crippen LogP contribution is 2.28. The third-order valence-corrected chi connectivity index (χ3v) is 4.04. The zero-order valence-corrected chi connectivity index (χ0v) is 15.1. The number of esters is 1. The van der Waals surface area contributed by atoms with Crippen molar-refractivity contribution in [1.29, 1.82) is 0 Å². The summed E-state index contributed by atoms with van der Waals surface area (Å²) in [4.78, 5) is 23.1. The highest BCUT2D eigenvalue weighted by atomic mass is 79.9. The number of carboxylic acids is 1. The van der Waals surface area contributed by atoms with Crippen molar-refractivity contribution in [3.63, 3.8) is 0 Å². The number of aryl methyl sites for hydroxylation is 2. The molecule has 0 bridgehead atoms.